The minimum Gasteiger partial charge on any atom is -0.481 e. The molecular formula is C20H18N2O4. The number of aromatic nitrogens is 1. The number of benzene rings is 1. The maximum absolute atomic E-state index is 12.4. The monoisotopic (exact) mass is 350 g/mol. The average molecular weight is 350 g/mol. The first-order valence-corrected chi connectivity index (χ1v) is 8.58. The summed E-state index contributed by atoms with van der Waals surface area (Å²) in [4.78, 5) is 27.8. The quantitative estimate of drug-likeness (QED) is 0.751. The van der Waals surface area contributed by atoms with Crippen LogP contribution in [0, 0.1) is 5.92 Å². The van der Waals surface area contributed by atoms with E-state index in [1.807, 2.05) is 24.3 Å². The van der Waals surface area contributed by atoms with E-state index in [1.165, 1.54) is 0 Å². The number of carboxylic acids is 1. The molecule has 2 heterocycles. The number of amides is 1. The molecule has 0 saturated heterocycles. The number of aliphatic carboxylic acids is 1. The van der Waals surface area contributed by atoms with Gasteiger partial charge in [0.15, 0.2) is 0 Å². The van der Waals surface area contributed by atoms with E-state index in [4.69, 9.17) is 9.52 Å². The van der Waals surface area contributed by atoms with Gasteiger partial charge in [-0.1, -0.05) is 12.1 Å². The van der Waals surface area contributed by atoms with Gasteiger partial charge in [0.1, 0.15) is 5.58 Å². The number of rotatable bonds is 4. The van der Waals surface area contributed by atoms with Crippen LogP contribution in [0.2, 0.25) is 0 Å². The van der Waals surface area contributed by atoms with Gasteiger partial charge in [-0.15, -0.1) is 0 Å². The fourth-order valence-corrected chi connectivity index (χ4v) is 3.51. The molecule has 0 radical (unpaired) electrons. The van der Waals surface area contributed by atoms with Crippen molar-refractivity contribution in [2.75, 3.05) is 0 Å². The van der Waals surface area contributed by atoms with Gasteiger partial charge in [-0.05, 0) is 43.5 Å². The Hall–Kier alpha value is -3.15. The Bertz CT molecular complexity index is 961. The molecule has 2 N–H and O–H groups in total. The van der Waals surface area contributed by atoms with Crippen molar-refractivity contribution in [2.24, 2.45) is 5.92 Å². The molecule has 1 fully saturated rings. The van der Waals surface area contributed by atoms with Crippen molar-refractivity contribution in [3.05, 3.63) is 54.4 Å². The third kappa shape index (κ3) is 3.06. The highest BCUT2D eigenvalue weighted by molar-refractivity contribution is 5.96. The molecule has 1 aliphatic carbocycles. The molecule has 1 amide bonds. The van der Waals surface area contributed by atoms with Gasteiger partial charge in [0.25, 0.3) is 5.91 Å². The second kappa shape index (κ2) is 6.63. The summed E-state index contributed by atoms with van der Waals surface area (Å²) in [6.07, 6.45) is 5.13. The molecule has 132 valence electrons. The van der Waals surface area contributed by atoms with Crippen molar-refractivity contribution < 1.29 is 19.1 Å². The number of pyridine rings is 1. The van der Waals surface area contributed by atoms with Gasteiger partial charge in [0, 0.05) is 28.8 Å². The molecule has 0 spiro atoms. The zero-order valence-electron chi connectivity index (χ0n) is 14.0. The summed E-state index contributed by atoms with van der Waals surface area (Å²) in [6, 6.07) is 10.8. The van der Waals surface area contributed by atoms with Crippen LogP contribution in [0.3, 0.4) is 0 Å². The van der Waals surface area contributed by atoms with Crippen molar-refractivity contribution in [1.29, 1.82) is 0 Å². The second-order valence-corrected chi connectivity index (χ2v) is 6.59. The summed E-state index contributed by atoms with van der Waals surface area (Å²) in [6.45, 7) is 0. The van der Waals surface area contributed by atoms with Gasteiger partial charge in [0.05, 0.1) is 17.9 Å². The maximum Gasteiger partial charge on any atom is 0.306 e. The number of carboxylic acid groups (broad SMARTS) is 1. The molecule has 2 aromatic heterocycles. The molecule has 4 rings (SSSR count). The van der Waals surface area contributed by atoms with Crippen LogP contribution in [-0.4, -0.2) is 28.0 Å². The Morgan fingerprint density at radius 2 is 1.92 bits per heavy atom. The van der Waals surface area contributed by atoms with Gasteiger partial charge >= 0.3 is 5.97 Å². The minimum atomic E-state index is -0.785. The predicted octanol–water partition coefficient (Wildman–Crippen LogP) is 3.48. The van der Waals surface area contributed by atoms with Crippen LogP contribution in [0.5, 0.6) is 0 Å². The number of nitrogens with zero attached hydrogens (tertiary/aromatic N) is 1. The number of hydrogen-bond donors (Lipinski definition) is 2. The van der Waals surface area contributed by atoms with E-state index in [0.717, 1.165) is 22.2 Å². The van der Waals surface area contributed by atoms with Crippen LogP contribution < -0.4 is 5.32 Å². The SMILES string of the molecule is O=C(N[C@H]1CC[C@H](C(=O)O)C1)c1ccc(-c2nccc3occc23)cc1. The predicted molar refractivity (Wildman–Crippen MR) is 95.7 cm³/mol. The Balaban J connectivity index is 1.48. The molecule has 0 unspecified atom stereocenters. The molecule has 6 heteroatoms. The van der Waals surface area contributed by atoms with Crippen molar-refractivity contribution in [3.8, 4) is 11.3 Å². The van der Waals surface area contributed by atoms with E-state index in [2.05, 4.69) is 10.3 Å². The Morgan fingerprint density at radius 3 is 2.65 bits per heavy atom. The largest absolute Gasteiger partial charge is 0.481 e. The summed E-state index contributed by atoms with van der Waals surface area (Å²) < 4.78 is 5.40. The van der Waals surface area contributed by atoms with Gasteiger partial charge in [-0.25, -0.2) is 0 Å². The van der Waals surface area contributed by atoms with Crippen LogP contribution >= 0.6 is 0 Å². The first-order chi connectivity index (χ1) is 12.6. The van der Waals surface area contributed by atoms with E-state index in [0.29, 0.717) is 24.8 Å². The number of furan rings is 1. The van der Waals surface area contributed by atoms with Gasteiger partial charge in [-0.3, -0.25) is 14.6 Å². The van der Waals surface area contributed by atoms with Crippen LogP contribution in [-0.2, 0) is 4.79 Å². The summed E-state index contributed by atoms with van der Waals surface area (Å²) >= 11 is 0. The highest BCUT2D eigenvalue weighted by Gasteiger charge is 2.30. The molecule has 2 atom stereocenters. The standard InChI is InChI=1S/C20H18N2O4/c23-19(22-15-6-5-14(11-15)20(24)25)13-3-1-12(2-4-13)18-16-8-10-26-17(16)7-9-21-18/h1-4,7-10,14-15H,5-6,11H2,(H,22,23)(H,24,25)/t14-,15-/m0/s1. The lowest BCUT2D eigenvalue weighted by molar-refractivity contribution is -0.141. The third-order valence-corrected chi connectivity index (χ3v) is 4.92. The van der Waals surface area contributed by atoms with Crippen molar-refractivity contribution >= 4 is 22.8 Å². The highest BCUT2D eigenvalue weighted by Crippen LogP contribution is 2.28. The van der Waals surface area contributed by atoms with E-state index in [9.17, 15) is 9.59 Å². The Labute approximate surface area is 149 Å². The van der Waals surface area contributed by atoms with E-state index in [-0.39, 0.29) is 17.9 Å². The summed E-state index contributed by atoms with van der Waals surface area (Å²) in [5, 5.41) is 12.9. The molecular weight excluding hydrogens is 332 g/mol. The lowest BCUT2D eigenvalue weighted by atomic mass is 10.1. The van der Waals surface area contributed by atoms with Crippen molar-refractivity contribution in [3.63, 3.8) is 0 Å². The number of fused-ring (bicyclic) bond motifs is 1. The van der Waals surface area contributed by atoms with E-state index in [1.54, 1.807) is 24.6 Å². The highest BCUT2D eigenvalue weighted by atomic mass is 16.4. The smallest absolute Gasteiger partial charge is 0.306 e. The maximum atomic E-state index is 12.4. The molecule has 1 aromatic carbocycles. The first kappa shape index (κ1) is 16.3. The zero-order valence-corrected chi connectivity index (χ0v) is 14.0. The fourth-order valence-electron chi connectivity index (χ4n) is 3.51. The van der Waals surface area contributed by atoms with Gasteiger partial charge in [0.2, 0.25) is 0 Å². The molecule has 1 saturated carbocycles. The van der Waals surface area contributed by atoms with Crippen LogP contribution in [0.15, 0.2) is 53.3 Å². The zero-order chi connectivity index (χ0) is 18.1. The lowest BCUT2D eigenvalue weighted by Gasteiger charge is -2.12. The summed E-state index contributed by atoms with van der Waals surface area (Å²) in [7, 11) is 0. The minimum absolute atomic E-state index is 0.0791. The van der Waals surface area contributed by atoms with E-state index < -0.39 is 5.97 Å². The molecule has 0 bridgehead atoms. The number of nitrogens with one attached hydrogen (secondary N) is 1. The average Bonchev–Trinajstić information content (AvgIpc) is 3.30. The fraction of sp³-hybridized carbons (Fsp3) is 0.250. The first-order valence-electron chi connectivity index (χ1n) is 8.58. The van der Waals surface area contributed by atoms with Crippen LogP contribution in [0.25, 0.3) is 22.2 Å². The van der Waals surface area contributed by atoms with Gasteiger partial charge in [-0.2, -0.15) is 0 Å². The second-order valence-electron chi connectivity index (χ2n) is 6.59. The normalized spacial score (nSPS) is 19.5. The topological polar surface area (TPSA) is 92.4 Å². The number of hydrogen-bond acceptors (Lipinski definition) is 4. The van der Waals surface area contributed by atoms with Crippen LogP contribution in [0.1, 0.15) is 29.6 Å². The third-order valence-electron chi connectivity index (χ3n) is 4.92. The number of carbonyl (C=O) groups excluding carboxylic acids is 1. The van der Waals surface area contributed by atoms with Gasteiger partial charge < -0.3 is 14.8 Å². The summed E-state index contributed by atoms with van der Waals surface area (Å²) in [5.41, 5.74) is 3.03. The van der Waals surface area contributed by atoms with Crippen LogP contribution in [0.4, 0.5) is 0 Å². The molecule has 6 nitrogen and oxygen atoms in total. The lowest BCUT2D eigenvalue weighted by Crippen LogP contribution is -2.33. The Morgan fingerprint density at radius 1 is 1.12 bits per heavy atom. The van der Waals surface area contributed by atoms with Crippen molar-refractivity contribution in [1.82, 2.24) is 10.3 Å². The molecule has 3 aromatic rings. The number of carbonyl (C=O) groups is 2. The van der Waals surface area contributed by atoms with Crippen molar-refractivity contribution in [2.45, 2.75) is 25.3 Å². The Kier molecular flexibility index (Phi) is 4.16. The molecule has 0 aliphatic heterocycles. The molecule has 1 aliphatic rings. The molecule has 26 heavy (non-hydrogen) atoms. The summed E-state index contributed by atoms with van der Waals surface area (Å²) in [5.74, 6) is -1.32. The van der Waals surface area contributed by atoms with E-state index >= 15 is 0 Å².